The van der Waals surface area contributed by atoms with E-state index in [4.69, 9.17) is 13.8 Å². The molecular formula is C12H23O5P. The minimum Gasteiger partial charge on any atom is -0.460 e. The fraction of sp³-hybridized carbons (Fsp3) is 0.750. The van der Waals surface area contributed by atoms with Crippen LogP contribution < -0.4 is 0 Å². The first kappa shape index (κ1) is 17.4. The second kappa shape index (κ2) is 8.46. The van der Waals surface area contributed by atoms with Gasteiger partial charge in [-0.1, -0.05) is 5.57 Å². The van der Waals surface area contributed by atoms with Crippen LogP contribution >= 0.6 is 7.60 Å². The van der Waals surface area contributed by atoms with Gasteiger partial charge in [-0.15, -0.1) is 0 Å². The lowest BCUT2D eigenvalue weighted by Crippen LogP contribution is -2.10. The predicted octanol–water partition coefficient (Wildman–Crippen LogP) is 3.15. The van der Waals surface area contributed by atoms with Crippen LogP contribution in [0.15, 0.2) is 11.6 Å². The Morgan fingerprint density at radius 2 is 1.72 bits per heavy atom. The van der Waals surface area contributed by atoms with Gasteiger partial charge in [0.15, 0.2) is 0 Å². The Kier molecular flexibility index (Phi) is 8.16. The number of hydrogen-bond donors (Lipinski definition) is 0. The van der Waals surface area contributed by atoms with Crippen molar-refractivity contribution in [2.45, 2.75) is 40.7 Å². The van der Waals surface area contributed by atoms with Gasteiger partial charge < -0.3 is 13.8 Å². The molecule has 0 aliphatic rings. The minimum absolute atomic E-state index is 0.0991. The number of ether oxygens (including phenoxy) is 1. The van der Waals surface area contributed by atoms with E-state index in [1.54, 1.807) is 34.6 Å². The molecule has 0 aromatic rings. The zero-order valence-electron chi connectivity index (χ0n) is 11.8. The third-order valence-corrected chi connectivity index (χ3v) is 4.00. The van der Waals surface area contributed by atoms with E-state index in [1.165, 1.54) is 6.08 Å². The average molecular weight is 278 g/mol. The maximum Gasteiger partial charge on any atom is 0.334 e. The summed E-state index contributed by atoms with van der Waals surface area (Å²) in [6.45, 7) is 9.35. The molecule has 0 saturated heterocycles. The Labute approximate surface area is 109 Å². The number of hydrogen-bond acceptors (Lipinski definition) is 5. The number of allylic oxidation sites excluding steroid dienone is 1. The van der Waals surface area contributed by atoms with Gasteiger partial charge in [0, 0.05) is 6.08 Å². The van der Waals surface area contributed by atoms with Crippen molar-refractivity contribution in [2.75, 3.05) is 19.4 Å². The first-order valence-electron chi connectivity index (χ1n) is 6.09. The molecule has 0 spiro atoms. The lowest BCUT2D eigenvalue weighted by Gasteiger charge is -2.17. The summed E-state index contributed by atoms with van der Waals surface area (Å²) in [5.74, 6) is -0.443. The average Bonchev–Trinajstić information content (AvgIpc) is 2.14. The predicted molar refractivity (Wildman–Crippen MR) is 70.7 cm³/mol. The molecule has 0 radical (unpaired) electrons. The van der Waals surface area contributed by atoms with Gasteiger partial charge >= 0.3 is 13.6 Å². The van der Waals surface area contributed by atoms with Gasteiger partial charge in [-0.05, 0) is 34.6 Å². The molecule has 0 rings (SSSR count). The van der Waals surface area contributed by atoms with Crippen LogP contribution in [0.2, 0.25) is 0 Å². The van der Waals surface area contributed by atoms with Crippen LogP contribution in [0.25, 0.3) is 0 Å². The maximum atomic E-state index is 12.2. The SMILES string of the molecule is CCOP(=O)(CC(C)=CC(=O)OC(C)C)OCC. The second-order valence-electron chi connectivity index (χ2n) is 4.08. The topological polar surface area (TPSA) is 61.8 Å². The van der Waals surface area contributed by atoms with Crippen molar-refractivity contribution in [3.63, 3.8) is 0 Å². The van der Waals surface area contributed by atoms with E-state index in [0.29, 0.717) is 18.8 Å². The Hall–Kier alpha value is -0.640. The van der Waals surface area contributed by atoms with Crippen molar-refractivity contribution in [3.8, 4) is 0 Å². The molecule has 18 heavy (non-hydrogen) atoms. The molecule has 6 heteroatoms. The minimum atomic E-state index is -3.14. The highest BCUT2D eigenvalue weighted by Crippen LogP contribution is 2.49. The summed E-state index contributed by atoms with van der Waals surface area (Å²) >= 11 is 0. The lowest BCUT2D eigenvalue weighted by molar-refractivity contribution is -0.141. The zero-order valence-corrected chi connectivity index (χ0v) is 12.7. The molecule has 0 fully saturated rings. The summed E-state index contributed by atoms with van der Waals surface area (Å²) in [6.07, 6.45) is 1.25. The normalized spacial score (nSPS) is 12.9. The summed E-state index contributed by atoms with van der Waals surface area (Å²) < 4.78 is 27.4. The first-order valence-corrected chi connectivity index (χ1v) is 7.81. The van der Waals surface area contributed by atoms with Gasteiger partial charge in [-0.2, -0.15) is 0 Å². The van der Waals surface area contributed by atoms with Crippen LogP contribution in [0.5, 0.6) is 0 Å². The Morgan fingerprint density at radius 1 is 1.22 bits per heavy atom. The van der Waals surface area contributed by atoms with Gasteiger partial charge in [0.1, 0.15) is 0 Å². The van der Waals surface area contributed by atoms with Gasteiger partial charge in [-0.25, -0.2) is 4.79 Å². The van der Waals surface area contributed by atoms with Crippen molar-refractivity contribution in [2.24, 2.45) is 0 Å². The van der Waals surface area contributed by atoms with Crippen LogP contribution in [-0.4, -0.2) is 31.4 Å². The lowest BCUT2D eigenvalue weighted by atomic mass is 10.3. The van der Waals surface area contributed by atoms with E-state index in [9.17, 15) is 9.36 Å². The van der Waals surface area contributed by atoms with Gasteiger partial charge in [0.05, 0.1) is 25.5 Å². The third kappa shape index (κ3) is 7.64. The molecule has 0 atom stereocenters. The van der Waals surface area contributed by atoms with Gasteiger partial charge in [0.2, 0.25) is 0 Å². The molecule has 0 bridgehead atoms. The van der Waals surface area contributed by atoms with Gasteiger partial charge in [0.25, 0.3) is 0 Å². The smallest absolute Gasteiger partial charge is 0.334 e. The maximum absolute atomic E-state index is 12.2. The van der Waals surface area contributed by atoms with Crippen molar-refractivity contribution in [1.82, 2.24) is 0 Å². The molecule has 0 heterocycles. The Balaban J connectivity index is 4.59. The van der Waals surface area contributed by atoms with E-state index >= 15 is 0 Å². The van der Waals surface area contributed by atoms with E-state index < -0.39 is 13.6 Å². The molecule has 0 aliphatic carbocycles. The van der Waals surface area contributed by atoms with Crippen LogP contribution in [0, 0.1) is 0 Å². The molecule has 0 N–H and O–H groups in total. The van der Waals surface area contributed by atoms with Crippen LogP contribution in [0.3, 0.4) is 0 Å². The molecule has 0 aromatic heterocycles. The van der Waals surface area contributed by atoms with Crippen molar-refractivity contribution < 1.29 is 23.1 Å². The summed E-state index contributed by atoms with van der Waals surface area (Å²) in [4.78, 5) is 11.4. The standard InChI is InChI=1S/C12H23O5P/c1-6-15-18(14,16-7-2)9-11(5)8-12(13)17-10(3)4/h8,10H,6-7,9H2,1-5H3. The Morgan fingerprint density at radius 3 is 2.11 bits per heavy atom. The van der Waals surface area contributed by atoms with Crippen molar-refractivity contribution in [3.05, 3.63) is 11.6 Å². The molecule has 0 aromatic carbocycles. The zero-order chi connectivity index (χ0) is 14.2. The molecule has 5 nitrogen and oxygen atoms in total. The monoisotopic (exact) mass is 278 g/mol. The van der Waals surface area contributed by atoms with Gasteiger partial charge in [-0.3, -0.25) is 4.57 Å². The van der Waals surface area contributed by atoms with Crippen LogP contribution in [0.1, 0.15) is 34.6 Å². The quantitative estimate of drug-likeness (QED) is 0.388. The molecule has 0 unspecified atom stereocenters. The fourth-order valence-corrected chi connectivity index (χ4v) is 3.09. The second-order valence-corrected chi connectivity index (χ2v) is 6.14. The largest absolute Gasteiger partial charge is 0.460 e. The van der Waals surface area contributed by atoms with E-state index in [1.807, 2.05) is 0 Å². The Bertz CT molecular complexity index is 325. The molecule has 0 aliphatic heterocycles. The van der Waals surface area contributed by atoms with E-state index in [-0.39, 0.29) is 12.3 Å². The molecule has 0 saturated carbocycles. The summed E-state index contributed by atoms with van der Waals surface area (Å²) in [7, 11) is -3.14. The fourth-order valence-electron chi connectivity index (χ4n) is 1.34. The highest BCUT2D eigenvalue weighted by atomic mass is 31.2. The first-order chi connectivity index (χ1) is 8.33. The highest BCUT2D eigenvalue weighted by molar-refractivity contribution is 7.54. The third-order valence-electron chi connectivity index (χ3n) is 1.81. The summed E-state index contributed by atoms with van der Waals surface area (Å²) in [6, 6.07) is 0. The highest BCUT2D eigenvalue weighted by Gasteiger charge is 2.24. The van der Waals surface area contributed by atoms with Crippen molar-refractivity contribution in [1.29, 1.82) is 0 Å². The summed E-state index contributed by atoms with van der Waals surface area (Å²) in [5.41, 5.74) is 0.617. The van der Waals surface area contributed by atoms with E-state index in [2.05, 4.69) is 0 Å². The number of carbonyl (C=O) groups is 1. The molecule has 0 amide bonds. The number of esters is 1. The van der Waals surface area contributed by atoms with Crippen molar-refractivity contribution >= 4 is 13.6 Å². The summed E-state index contributed by atoms with van der Waals surface area (Å²) in [5, 5.41) is 0. The van der Waals surface area contributed by atoms with Crippen LogP contribution in [-0.2, 0) is 23.1 Å². The number of carbonyl (C=O) groups excluding carboxylic acids is 1. The van der Waals surface area contributed by atoms with Crippen LogP contribution in [0.4, 0.5) is 0 Å². The van der Waals surface area contributed by atoms with E-state index in [0.717, 1.165) is 0 Å². The molecular weight excluding hydrogens is 255 g/mol. The number of rotatable bonds is 8. The molecule has 106 valence electrons.